The molecule has 0 aliphatic carbocycles. The zero-order valence-electron chi connectivity index (χ0n) is 9.76. The molecule has 2 N–H and O–H groups in total. The maximum absolute atomic E-state index is 12.2. The monoisotopic (exact) mass is 250 g/mol. The lowest BCUT2D eigenvalue weighted by atomic mass is 10.1. The van der Waals surface area contributed by atoms with Crippen LogP contribution in [-0.2, 0) is 4.79 Å². The van der Waals surface area contributed by atoms with E-state index in [2.05, 4.69) is 4.98 Å². The molecule has 0 aromatic carbocycles. The summed E-state index contributed by atoms with van der Waals surface area (Å²) in [7, 11) is 0. The maximum Gasteiger partial charge on any atom is 0.305 e. The van der Waals surface area contributed by atoms with E-state index in [4.69, 9.17) is 5.11 Å². The largest absolute Gasteiger partial charge is 0.481 e. The number of aliphatic carboxylic acids is 1. The van der Waals surface area contributed by atoms with Gasteiger partial charge in [0.15, 0.2) is 5.43 Å². The number of pyridine rings is 1. The molecule has 1 amide bonds. The maximum atomic E-state index is 12.2. The number of likely N-dealkylation sites (tertiary alicyclic amines) is 1. The molecule has 18 heavy (non-hydrogen) atoms. The molecule has 1 saturated heterocycles. The first kappa shape index (κ1) is 12.3. The van der Waals surface area contributed by atoms with Crippen molar-refractivity contribution in [3.8, 4) is 0 Å². The number of carbonyl (C=O) groups excluding carboxylic acids is 1. The van der Waals surface area contributed by atoms with Crippen LogP contribution in [-0.4, -0.2) is 39.5 Å². The van der Waals surface area contributed by atoms with Crippen molar-refractivity contribution in [2.45, 2.75) is 25.3 Å². The number of H-pyrrole nitrogens is 1. The number of carboxylic acids is 1. The van der Waals surface area contributed by atoms with Crippen molar-refractivity contribution in [3.05, 3.63) is 34.2 Å². The fourth-order valence-electron chi connectivity index (χ4n) is 2.25. The van der Waals surface area contributed by atoms with Gasteiger partial charge in [-0.05, 0) is 12.8 Å². The summed E-state index contributed by atoms with van der Waals surface area (Å²) in [6.45, 7) is 0.505. The minimum absolute atomic E-state index is 0.0646. The van der Waals surface area contributed by atoms with Gasteiger partial charge in [-0.2, -0.15) is 0 Å². The highest BCUT2D eigenvalue weighted by molar-refractivity contribution is 5.94. The lowest BCUT2D eigenvalue weighted by Gasteiger charge is -2.23. The smallest absolute Gasteiger partial charge is 0.305 e. The number of hydrogen-bond donors (Lipinski definition) is 2. The van der Waals surface area contributed by atoms with Gasteiger partial charge in [-0.25, -0.2) is 0 Å². The Hall–Kier alpha value is -2.11. The van der Waals surface area contributed by atoms with Gasteiger partial charge in [0.05, 0.1) is 6.42 Å². The van der Waals surface area contributed by atoms with Gasteiger partial charge in [0.1, 0.15) is 5.56 Å². The van der Waals surface area contributed by atoms with Crippen LogP contribution >= 0.6 is 0 Å². The van der Waals surface area contributed by atoms with Crippen LogP contribution in [0.4, 0.5) is 0 Å². The van der Waals surface area contributed by atoms with Crippen molar-refractivity contribution in [3.63, 3.8) is 0 Å². The van der Waals surface area contributed by atoms with E-state index in [0.29, 0.717) is 13.0 Å². The van der Waals surface area contributed by atoms with Crippen LogP contribution in [0.1, 0.15) is 29.6 Å². The van der Waals surface area contributed by atoms with E-state index < -0.39 is 5.97 Å². The van der Waals surface area contributed by atoms with E-state index in [-0.39, 0.29) is 29.4 Å². The van der Waals surface area contributed by atoms with E-state index >= 15 is 0 Å². The first-order chi connectivity index (χ1) is 8.59. The van der Waals surface area contributed by atoms with E-state index in [1.54, 1.807) is 0 Å². The summed E-state index contributed by atoms with van der Waals surface area (Å²) < 4.78 is 0. The molecule has 1 unspecified atom stereocenters. The average molecular weight is 250 g/mol. The molecule has 0 bridgehead atoms. The number of carbonyl (C=O) groups is 2. The first-order valence-corrected chi connectivity index (χ1v) is 5.79. The Labute approximate surface area is 103 Å². The summed E-state index contributed by atoms with van der Waals surface area (Å²) in [5.74, 6) is -1.32. The summed E-state index contributed by atoms with van der Waals surface area (Å²) in [5.41, 5.74) is -0.283. The van der Waals surface area contributed by atoms with Crippen LogP contribution in [0.15, 0.2) is 23.3 Å². The van der Waals surface area contributed by atoms with Gasteiger partial charge in [-0.1, -0.05) is 0 Å². The number of nitrogens with zero attached hydrogens (tertiary/aromatic N) is 1. The Morgan fingerprint density at radius 2 is 2.28 bits per heavy atom. The molecule has 1 aromatic rings. The van der Waals surface area contributed by atoms with Crippen molar-refractivity contribution in [1.82, 2.24) is 9.88 Å². The van der Waals surface area contributed by atoms with E-state index in [1.165, 1.54) is 23.4 Å². The zero-order chi connectivity index (χ0) is 13.1. The molecule has 6 heteroatoms. The Morgan fingerprint density at radius 1 is 1.50 bits per heavy atom. The van der Waals surface area contributed by atoms with Crippen LogP contribution < -0.4 is 5.43 Å². The van der Waals surface area contributed by atoms with Crippen molar-refractivity contribution >= 4 is 11.9 Å². The molecule has 1 aliphatic rings. The molecule has 2 rings (SSSR count). The fourth-order valence-corrected chi connectivity index (χ4v) is 2.25. The predicted molar refractivity (Wildman–Crippen MR) is 63.4 cm³/mol. The molecule has 0 spiro atoms. The van der Waals surface area contributed by atoms with Crippen molar-refractivity contribution in [2.24, 2.45) is 0 Å². The number of aromatic nitrogens is 1. The number of nitrogens with one attached hydrogen (secondary N) is 1. The minimum Gasteiger partial charge on any atom is -0.481 e. The van der Waals surface area contributed by atoms with Crippen LogP contribution in [0.25, 0.3) is 0 Å². The SMILES string of the molecule is O=C(O)CC1CCCN1C(=O)c1c[nH]ccc1=O. The second-order valence-electron chi connectivity index (χ2n) is 4.31. The molecular weight excluding hydrogens is 236 g/mol. The summed E-state index contributed by atoms with van der Waals surface area (Å²) in [6.07, 6.45) is 4.19. The van der Waals surface area contributed by atoms with Gasteiger partial charge in [0, 0.05) is 31.0 Å². The summed E-state index contributed by atoms with van der Waals surface area (Å²) in [6, 6.07) is 0.977. The summed E-state index contributed by atoms with van der Waals surface area (Å²) >= 11 is 0. The number of amides is 1. The van der Waals surface area contributed by atoms with Crippen LogP contribution in [0.2, 0.25) is 0 Å². The average Bonchev–Trinajstić information content (AvgIpc) is 2.76. The number of hydrogen-bond acceptors (Lipinski definition) is 3. The zero-order valence-corrected chi connectivity index (χ0v) is 9.76. The Bertz CT molecular complexity index is 523. The second-order valence-corrected chi connectivity index (χ2v) is 4.31. The van der Waals surface area contributed by atoms with Crippen molar-refractivity contribution in [1.29, 1.82) is 0 Å². The highest BCUT2D eigenvalue weighted by Gasteiger charge is 2.31. The first-order valence-electron chi connectivity index (χ1n) is 5.79. The third-order valence-corrected chi connectivity index (χ3v) is 3.10. The summed E-state index contributed by atoms with van der Waals surface area (Å²) in [4.78, 5) is 38.6. The lowest BCUT2D eigenvalue weighted by Crippen LogP contribution is -2.38. The highest BCUT2D eigenvalue weighted by atomic mass is 16.4. The van der Waals surface area contributed by atoms with Gasteiger partial charge in [0.2, 0.25) is 0 Å². The number of carboxylic acid groups (broad SMARTS) is 1. The van der Waals surface area contributed by atoms with Crippen LogP contribution in [0, 0.1) is 0 Å². The second kappa shape index (κ2) is 5.03. The topological polar surface area (TPSA) is 90.5 Å². The van der Waals surface area contributed by atoms with Gasteiger partial charge in [-0.15, -0.1) is 0 Å². The Morgan fingerprint density at radius 3 is 2.94 bits per heavy atom. The number of rotatable bonds is 3. The molecule has 0 saturated carbocycles. The summed E-state index contributed by atoms with van der Waals surface area (Å²) in [5, 5.41) is 8.79. The molecule has 1 aliphatic heterocycles. The predicted octanol–water partition coefficient (Wildman–Crippen LogP) is 0.454. The normalized spacial score (nSPS) is 18.9. The lowest BCUT2D eigenvalue weighted by molar-refractivity contribution is -0.137. The van der Waals surface area contributed by atoms with Crippen molar-refractivity contribution < 1.29 is 14.7 Å². The fraction of sp³-hybridized carbons (Fsp3) is 0.417. The van der Waals surface area contributed by atoms with Crippen molar-refractivity contribution in [2.75, 3.05) is 6.54 Å². The number of aromatic amines is 1. The van der Waals surface area contributed by atoms with E-state index in [0.717, 1.165) is 6.42 Å². The molecule has 96 valence electrons. The third-order valence-electron chi connectivity index (χ3n) is 3.10. The van der Waals surface area contributed by atoms with Gasteiger partial charge >= 0.3 is 5.97 Å². The quantitative estimate of drug-likeness (QED) is 0.815. The van der Waals surface area contributed by atoms with Gasteiger partial charge in [0.25, 0.3) is 5.91 Å². The Kier molecular flexibility index (Phi) is 3.45. The standard InChI is InChI=1S/C12H14N2O4/c15-10-3-4-13-7-9(10)12(18)14-5-1-2-8(14)6-11(16)17/h3-4,7-8H,1-2,5-6H2,(H,13,15)(H,16,17). The van der Waals surface area contributed by atoms with Gasteiger partial charge < -0.3 is 15.0 Å². The van der Waals surface area contributed by atoms with Crippen LogP contribution in [0.3, 0.4) is 0 Å². The molecule has 1 fully saturated rings. The molecule has 1 atom stereocenters. The molecule has 2 heterocycles. The molecule has 1 aromatic heterocycles. The highest BCUT2D eigenvalue weighted by Crippen LogP contribution is 2.21. The molecule has 0 radical (unpaired) electrons. The van der Waals surface area contributed by atoms with E-state index in [9.17, 15) is 14.4 Å². The van der Waals surface area contributed by atoms with E-state index in [1.807, 2.05) is 0 Å². The van der Waals surface area contributed by atoms with Gasteiger partial charge in [-0.3, -0.25) is 14.4 Å². The third kappa shape index (κ3) is 2.42. The Balaban J connectivity index is 2.21. The molecule has 6 nitrogen and oxygen atoms in total. The molecular formula is C12H14N2O4. The van der Waals surface area contributed by atoms with Crippen LogP contribution in [0.5, 0.6) is 0 Å². The minimum atomic E-state index is -0.929.